The second-order valence-electron chi connectivity index (χ2n) is 6.83. The molecule has 0 aromatic heterocycles. The van der Waals surface area contributed by atoms with Gasteiger partial charge in [-0.1, -0.05) is 6.92 Å². The van der Waals surface area contributed by atoms with Crippen LogP contribution in [0.4, 0.5) is 0 Å². The van der Waals surface area contributed by atoms with Crippen LogP contribution in [0.25, 0.3) is 0 Å². The molecule has 0 rings (SSSR count). The summed E-state index contributed by atoms with van der Waals surface area (Å²) < 4.78 is 0. The molecule has 1 atom stereocenters. The van der Waals surface area contributed by atoms with Gasteiger partial charge in [-0.3, -0.25) is 4.99 Å². The molecular formula is C15H33NP+. The second-order valence-corrected chi connectivity index (χ2v) is 12.0. The van der Waals surface area contributed by atoms with Crippen molar-refractivity contribution in [3.8, 4) is 0 Å². The summed E-state index contributed by atoms with van der Waals surface area (Å²) in [7, 11) is -0.959. The largest absolute Gasteiger partial charge is 0.288 e. The normalized spacial score (nSPS) is 16.2. The summed E-state index contributed by atoms with van der Waals surface area (Å²) in [5.74, 6) is 0. The Hall–Kier alpha value is 0.100. The van der Waals surface area contributed by atoms with Crippen molar-refractivity contribution in [2.75, 3.05) is 6.66 Å². The Labute approximate surface area is 110 Å². The van der Waals surface area contributed by atoms with Crippen molar-refractivity contribution in [2.45, 2.75) is 84.3 Å². The predicted molar refractivity (Wildman–Crippen MR) is 85.4 cm³/mol. The SMILES string of the molecule is CC[C@H](C=NC(C)(C)C)[P+](C)(C(C)C)C(C)C. The summed E-state index contributed by atoms with van der Waals surface area (Å²) in [6.07, 6.45) is 3.49. The van der Waals surface area contributed by atoms with E-state index in [1.807, 2.05) is 0 Å². The summed E-state index contributed by atoms with van der Waals surface area (Å²) in [6, 6.07) is 0. The number of aliphatic imine (C=N–C) groups is 1. The smallest absolute Gasteiger partial charge is 0.104 e. The average molecular weight is 258 g/mol. The molecule has 102 valence electrons. The van der Waals surface area contributed by atoms with Gasteiger partial charge in [-0.15, -0.1) is 0 Å². The zero-order valence-electron chi connectivity index (χ0n) is 13.4. The van der Waals surface area contributed by atoms with E-state index < -0.39 is 7.26 Å². The molecule has 0 heterocycles. The van der Waals surface area contributed by atoms with Gasteiger partial charge in [0.1, 0.15) is 5.66 Å². The van der Waals surface area contributed by atoms with Gasteiger partial charge in [-0.2, -0.15) is 0 Å². The van der Waals surface area contributed by atoms with Crippen molar-refractivity contribution >= 4 is 13.5 Å². The Morgan fingerprint density at radius 2 is 1.47 bits per heavy atom. The third-order valence-corrected chi connectivity index (χ3v) is 10.4. The lowest BCUT2D eigenvalue weighted by Crippen LogP contribution is -2.28. The lowest BCUT2D eigenvalue weighted by Gasteiger charge is -2.36. The van der Waals surface area contributed by atoms with E-state index in [4.69, 9.17) is 4.99 Å². The molecule has 0 saturated carbocycles. The molecule has 0 aliphatic rings. The molecule has 0 spiro atoms. The Morgan fingerprint density at radius 1 is 1.06 bits per heavy atom. The summed E-state index contributed by atoms with van der Waals surface area (Å²) in [5, 5.41) is 0. The van der Waals surface area contributed by atoms with E-state index in [1.165, 1.54) is 6.42 Å². The van der Waals surface area contributed by atoms with Crippen LogP contribution in [-0.2, 0) is 0 Å². The molecule has 0 saturated heterocycles. The summed E-state index contributed by atoms with van der Waals surface area (Å²) in [5.41, 5.74) is 2.33. The minimum Gasteiger partial charge on any atom is -0.288 e. The van der Waals surface area contributed by atoms with Crippen LogP contribution in [0.5, 0.6) is 0 Å². The van der Waals surface area contributed by atoms with Crippen LogP contribution >= 0.6 is 7.26 Å². The fourth-order valence-corrected chi connectivity index (χ4v) is 6.18. The van der Waals surface area contributed by atoms with Crippen LogP contribution in [0.3, 0.4) is 0 Å². The maximum absolute atomic E-state index is 4.76. The van der Waals surface area contributed by atoms with Gasteiger partial charge in [0, 0.05) is 13.5 Å². The number of hydrogen-bond acceptors (Lipinski definition) is 1. The number of rotatable bonds is 5. The first-order valence-corrected chi connectivity index (χ1v) is 9.41. The van der Waals surface area contributed by atoms with Gasteiger partial charge in [-0.25, -0.2) is 0 Å². The van der Waals surface area contributed by atoms with E-state index in [-0.39, 0.29) is 5.54 Å². The van der Waals surface area contributed by atoms with E-state index in [1.54, 1.807) is 0 Å². The fourth-order valence-electron chi connectivity index (χ4n) is 2.31. The highest BCUT2D eigenvalue weighted by atomic mass is 31.2. The molecule has 0 aromatic rings. The first-order chi connectivity index (χ1) is 7.55. The van der Waals surface area contributed by atoms with Crippen LogP contribution in [0.1, 0.15) is 61.8 Å². The topological polar surface area (TPSA) is 12.4 Å². The molecule has 0 aromatic carbocycles. The third kappa shape index (κ3) is 4.70. The molecule has 0 N–H and O–H groups in total. The van der Waals surface area contributed by atoms with E-state index in [9.17, 15) is 0 Å². The molecule has 17 heavy (non-hydrogen) atoms. The second kappa shape index (κ2) is 6.32. The van der Waals surface area contributed by atoms with Crippen molar-refractivity contribution in [3.05, 3.63) is 0 Å². The van der Waals surface area contributed by atoms with Crippen LogP contribution in [0.2, 0.25) is 0 Å². The molecule has 2 heteroatoms. The van der Waals surface area contributed by atoms with E-state index in [2.05, 4.69) is 68.3 Å². The van der Waals surface area contributed by atoms with E-state index in [0.717, 1.165) is 11.3 Å². The minimum atomic E-state index is -0.959. The monoisotopic (exact) mass is 258 g/mol. The molecule has 1 nitrogen and oxygen atoms in total. The summed E-state index contributed by atoms with van der Waals surface area (Å²) in [4.78, 5) is 4.76. The van der Waals surface area contributed by atoms with Gasteiger partial charge in [0.2, 0.25) is 0 Å². The maximum atomic E-state index is 4.76. The average Bonchev–Trinajstić information content (AvgIpc) is 2.15. The van der Waals surface area contributed by atoms with Gasteiger partial charge in [0.15, 0.2) is 0 Å². The Kier molecular flexibility index (Phi) is 6.36. The van der Waals surface area contributed by atoms with Crippen LogP contribution in [0, 0.1) is 0 Å². The Morgan fingerprint density at radius 3 is 1.71 bits per heavy atom. The predicted octanol–water partition coefficient (Wildman–Crippen LogP) is 5.10. The standard InChI is InChI=1S/C15H33NP/c1-10-14(11-16-15(6,7)8)17(9,12(2)3)13(4)5/h11-14H,10H2,1-9H3/q+1/t14-/m1/s1. The fraction of sp³-hybridized carbons (Fsp3) is 0.933. The van der Waals surface area contributed by atoms with Crippen LogP contribution < -0.4 is 0 Å². The third-order valence-electron chi connectivity index (χ3n) is 3.99. The van der Waals surface area contributed by atoms with Crippen molar-refractivity contribution in [2.24, 2.45) is 4.99 Å². The van der Waals surface area contributed by atoms with Crippen LogP contribution in [0.15, 0.2) is 4.99 Å². The summed E-state index contributed by atoms with van der Waals surface area (Å²) in [6.45, 7) is 20.9. The summed E-state index contributed by atoms with van der Waals surface area (Å²) >= 11 is 0. The first-order valence-electron chi connectivity index (χ1n) is 6.96. The van der Waals surface area contributed by atoms with Gasteiger partial charge in [0.05, 0.1) is 23.5 Å². The molecule has 0 unspecified atom stereocenters. The highest BCUT2D eigenvalue weighted by molar-refractivity contribution is 7.77. The molecule has 0 fully saturated rings. The minimum absolute atomic E-state index is 0.0617. The van der Waals surface area contributed by atoms with Crippen molar-refractivity contribution in [1.29, 1.82) is 0 Å². The molecule has 0 bridgehead atoms. The van der Waals surface area contributed by atoms with Crippen LogP contribution in [-0.4, -0.2) is 35.4 Å². The molecule has 0 radical (unpaired) electrons. The quantitative estimate of drug-likeness (QED) is 0.480. The Balaban J connectivity index is 5.14. The molecule has 0 aliphatic carbocycles. The number of nitrogens with zero attached hydrogens (tertiary/aromatic N) is 1. The van der Waals surface area contributed by atoms with Gasteiger partial charge >= 0.3 is 0 Å². The van der Waals surface area contributed by atoms with E-state index in [0.29, 0.717) is 5.66 Å². The maximum Gasteiger partial charge on any atom is 0.104 e. The van der Waals surface area contributed by atoms with Gasteiger partial charge in [-0.05, 0) is 54.9 Å². The van der Waals surface area contributed by atoms with E-state index >= 15 is 0 Å². The lowest BCUT2D eigenvalue weighted by molar-refractivity contribution is 0.584. The highest BCUT2D eigenvalue weighted by Gasteiger charge is 2.45. The van der Waals surface area contributed by atoms with Crippen molar-refractivity contribution < 1.29 is 0 Å². The Bertz CT molecular complexity index is 240. The first kappa shape index (κ1) is 17.1. The molecule has 0 aliphatic heterocycles. The van der Waals surface area contributed by atoms with Gasteiger partial charge in [0.25, 0.3) is 0 Å². The van der Waals surface area contributed by atoms with Crippen molar-refractivity contribution in [1.82, 2.24) is 0 Å². The number of hydrogen-bond donors (Lipinski definition) is 0. The lowest BCUT2D eigenvalue weighted by atomic mass is 10.1. The van der Waals surface area contributed by atoms with Crippen molar-refractivity contribution in [3.63, 3.8) is 0 Å². The molecular weight excluding hydrogens is 225 g/mol. The highest BCUT2D eigenvalue weighted by Crippen LogP contribution is 2.67. The molecule has 0 amide bonds. The zero-order chi connectivity index (χ0) is 13.9. The zero-order valence-corrected chi connectivity index (χ0v) is 14.3. The van der Waals surface area contributed by atoms with Gasteiger partial charge < -0.3 is 0 Å².